The second kappa shape index (κ2) is 5.88. The summed E-state index contributed by atoms with van der Waals surface area (Å²) >= 11 is 0. The van der Waals surface area contributed by atoms with Crippen LogP contribution < -0.4 is 15.8 Å². The fourth-order valence-corrected chi connectivity index (χ4v) is 1.89. The minimum Gasteiger partial charge on any atom is -0.427 e. The van der Waals surface area contributed by atoms with Crippen LogP contribution in [0.25, 0.3) is 0 Å². The second-order valence-electron chi connectivity index (χ2n) is 4.78. The maximum Gasteiger partial charge on any atom is 0.461 e. The average Bonchev–Trinajstić information content (AvgIpc) is 2.43. The molecule has 1 saturated carbocycles. The monoisotopic (exact) mass is 306 g/mol. The Balaban J connectivity index is 2.14. The third kappa shape index (κ3) is 3.44. The van der Waals surface area contributed by atoms with Crippen LogP contribution in [0, 0.1) is 0 Å². The molecule has 21 heavy (non-hydrogen) atoms. The molecule has 3 N–H and O–H groups in total. The molecule has 1 aromatic carbocycles. The molecule has 0 aromatic heterocycles. The van der Waals surface area contributed by atoms with Crippen LogP contribution >= 0.6 is 0 Å². The molecule has 0 bridgehead atoms. The summed E-state index contributed by atoms with van der Waals surface area (Å²) in [5, 5.41) is 2.56. The van der Waals surface area contributed by atoms with Crippen LogP contribution in [0.2, 0.25) is 0 Å². The molecule has 0 unspecified atom stereocenters. The van der Waals surface area contributed by atoms with Crippen molar-refractivity contribution in [3.63, 3.8) is 0 Å². The van der Waals surface area contributed by atoms with Gasteiger partial charge in [-0.25, -0.2) is 0 Å². The average molecular weight is 306 g/mol. The number of amides is 1. The first-order valence-electron chi connectivity index (χ1n) is 6.31. The Labute approximate surface area is 118 Å². The highest BCUT2D eigenvalue weighted by Crippen LogP contribution is 2.30. The molecule has 0 heterocycles. The largest absolute Gasteiger partial charge is 0.461 e. The van der Waals surface area contributed by atoms with Crippen molar-refractivity contribution < 1.29 is 27.1 Å². The molecule has 4 nitrogen and oxygen atoms in total. The zero-order valence-electron chi connectivity index (χ0n) is 10.9. The van der Waals surface area contributed by atoms with Crippen molar-refractivity contribution in [3.05, 3.63) is 29.8 Å². The Morgan fingerprint density at radius 2 is 2.00 bits per heavy atom. The molecule has 0 aliphatic heterocycles. The molecule has 0 radical (unpaired) electrons. The standard InChI is InChI=1S/C13H14F4N2O2/c14-12(15)13(16,17)21-10-4-2-1-3-7(10)11(20)19-9-6-5-8(9)18/h1-4,8-9,12H,5-6,18H2,(H,19,20)/t8-,9+/m1/s1. The first-order valence-corrected chi connectivity index (χ1v) is 6.31. The summed E-state index contributed by atoms with van der Waals surface area (Å²) in [4.78, 5) is 12.0. The molecule has 0 spiro atoms. The van der Waals surface area contributed by atoms with Crippen molar-refractivity contribution >= 4 is 5.91 Å². The summed E-state index contributed by atoms with van der Waals surface area (Å²) in [5.74, 6) is -1.29. The van der Waals surface area contributed by atoms with Crippen LogP contribution in [-0.2, 0) is 0 Å². The fraction of sp³-hybridized carbons (Fsp3) is 0.462. The van der Waals surface area contributed by atoms with Gasteiger partial charge in [0.25, 0.3) is 5.91 Å². The zero-order valence-corrected chi connectivity index (χ0v) is 10.9. The molecule has 1 fully saturated rings. The van der Waals surface area contributed by atoms with Gasteiger partial charge >= 0.3 is 12.5 Å². The number of carbonyl (C=O) groups excluding carboxylic acids is 1. The van der Waals surface area contributed by atoms with E-state index in [2.05, 4.69) is 10.1 Å². The van der Waals surface area contributed by atoms with Crippen molar-refractivity contribution in [2.75, 3.05) is 0 Å². The number of para-hydroxylation sites is 1. The Hall–Kier alpha value is -1.83. The number of alkyl halides is 4. The van der Waals surface area contributed by atoms with E-state index in [0.717, 1.165) is 12.5 Å². The summed E-state index contributed by atoms with van der Waals surface area (Å²) in [6, 6.07) is 4.54. The van der Waals surface area contributed by atoms with E-state index < -0.39 is 24.2 Å². The van der Waals surface area contributed by atoms with Crippen LogP contribution in [0.3, 0.4) is 0 Å². The Morgan fingerprint density at radius 3 is 2.52 bits per heavy atom. The van der Waals surface area contributed by atoms with Gasteiger partial charge in [-0.1, -0.05) is 12.1 Å². The molecular formula is C13H14F4N2O2. The highest BCUT2D eigenvalue weighted by Gasteiger charge is 2.44. The van der Waals surface area contributed by atoms with Gasteiger partial charge in [-0.2, -0.15) is 17.6 Å². The van der Waals surface area contributed by atoms with Crippen molar-refractivity contribution in [1.29, 1.82) is 0 Å². The van der Waals surface area contributed by atoms with E-state index in [1.807, 2.05) is 0 Å². The molecular weight excluding hydrogens is 292 g/mol. The normalized spacial score (nSPS) is 21.8. The van der Waals surface area contributed by atoms with Crippen LogP contribution in [0.15, 0.2) is 24.3 Å². The minimum atomic E-state index is -4.66. The second-order valence-corrected chi connectivity index (χ2v) is 4.78. The number of hydrogen-bond donors (Lipinski definition) is 2. The van der Waals surface area contributed by atoms with Gasteiger partial charge in [0.15, 0.2) is 0 Å². The molecule has 2 atom stereocenters. The van der Waals surface area contributed by atoms with Crippen LogP contribution in [0.5, 0.6) is 5.75 Å². The van der Waals surface area contributed by atoms with Crippen LogP contribution in [0.1, 0.15) is 23.2 Å². The van der Waals surface area contributed by atoms with Crippen LogP contribution in [0.4, 0.5) is 17.6 Å². The van der Waals surface area contributed by atoms with Gasteiger partial charge in [0.05, 0.1) is 5.56 Å². The number of carbonyl (C=O) groups is 1. The van der Waals surface area contributed by atoms with E-state index in [4.69, 9.17) is 5.73 Å². The minimum absolute atomic E-state index is 0.190. The number of nitrogens with two attached hydrogens (primary N) is 1. The van der Waals surface area contributed by atoms with Crippen LogP contribution in [-0.4, -0.2) is 30.5 Å². The molecule has 116 valence electrons. The molecule has 1 aliphatic carbocycles. The van der Waals surface area contributed by atoms with Gasteiger partial charge in [0, 0.05) is 12.1 Å². The molecule has 1 amide bonds. The quantitative estimate of drug-likeness (QED) is 0.819. The lowest BCUT2D eigenvalue weighted by Crippen LogP contribution is -2.54. The summed E-state index contributed by atoms with van der Waals surface area (Å²) in [5.41, 5.74) is 5.42. The van der Waals surface area contributed by atoms with Crippen molar-refractivity contribution in [3.8, 4) is 5.75 Å². The summed E-state index contributed by atoms with van der Waals surface area (Å²) < 4.78 is 54.2. The van der Waals surface area contributed by atoms with E-state index in [9.17, 15) is 22.4 Å². The first kappa shape index (κ1) is 15.6. The molecule has 1 aromatic rings. The van der Waals surface area contributed by atoms with Crippen molar-refractivity contribution in [2.45, 2.75) is 37.5 Å². The van der Waals surface area contributed by atoms with Gasteiger partial charge in [0.2, 0.25) is 0 Å². The van der Waals surface area contributed by atoms with E-state index in [1.165, 1.54) is 18.2 Å². The Bertz CT molecular complexity index is 525. The summed E-state index contributed by atoms with van der Waals surface area (Å²) in [7, 11) is 0. The molecule has 2 rings (SSSR count). The zero-order chi connectivity index (χ0) is 15.6. The van der Waals surface area contributed by atoms with Gasteiger partial charge < -0.3 is 15.8 Å². The predicted molar refractivity (Wildman–Crippen MR) is 66.5 cm³/mol. The Kier molecular flexibility index (Phi) is 4.36. The third-order valence-corrected chi connectivity index (χ3v) is 3.28. The van der Waals surface area contributed by atoms with Crippen molar-refractivity contribution in [2.24, 2.45) is 5.73 Å². The number of hydrogen-bond acceptors (Lipinski definition) is 3. The number of halogens is 4. The fourth-order valence-electron chi connectivity index (χ4n) is 1.89. The molecule has 1 aliphatic rings. The van der Waals surface area contributed by atoms with E-state index in [1.54, 1.807) is 0 Å². The number of nitrogens with one attached hydrogen (secondary N) is 1. The number of rotatable bonds is 5. The van der Waals surface area contributed by atoms with Gasteiger partial charge in [-0.15, -0.1) is 0 Å². The maximum atomic E-state index is 13.0. The number of ether oxygens (including phenoxy) is 1. The number of benzene rings is 1. The summed E-state index contributed by atoms with van der Waals surface area (Å²) in [6.45, 7) is 0. The van der Waals surface area contributed by atoms with E-state index in [-0.39, 0.29) is 17.6 Å². The lowest BCUT2D eigenvalue weighted by atomic mass is 9.87. The van der Waals surface area contributed by atoms with Gasteiger partial charge in [-0.05, 0) is 25.0 Å². The van der Waals surface area contributed by atoms with E-state index in [0.29, 0.717) is 6.42 Å². The lowest BCUT2D eigenvalue weighted by Gasteiger charge is -2.34. The highest BCUT2D eigenvalue weighted by atomic mass is 19.3. The highest BCUT2D eigenvalue weighted by molar-refractivity contribution is 5.97. The lowest BCUT2D eigenvalue weighted by molar-refractivity contribution is -0.253. The Morgan fingerprint density at radius 1 is 1.33 bits per heavy atom. The predicted octanol–water partition coefficient (Wildman–Crippen LogP) is 2.14. The van der Waals surface area contributed by atoms with Crippen molar-refractivity contribution in [1.82, 2.24) is 5.32 Å². The SMILES string of the molecule is N[C@@H]1CC[C@@H]1NC(=O)c1ccccc1OC(F)(F)C(F)F. The maximum absolute atomic E-state index is 13.0. The smallest absolute Gasteiger partial charge is 0.427 e. The van der Waals surface area contributed by atoms with Gasteiger partial charge in [0.1, 0.15) is 5.75 Å². The van der Waals surface area contributed by atoms with E-state index >= 15 is 0 Å². The van der Waals surface area contributed by atoms with Gasteiger partial charge in [-0.3, -0.25) is 4.79 Å². The summed E-state index contributed by atoms with van der Waals surface area (Å²) in [6.07, 6.45) is -7.22. The first-order chi connectivity index (χ1) is 9.81. The third-order valence-electron chi connectivity index (χ3n) is 3.28. The topological polar surface area (TPSA) is 64.3 Å². The molecule has 0 saturated heterocycles. The molecule has 8 heteroatoms.